The van der Waals surface area contributed by atoms with Crippen molar-refractivity contribution < 1.29 is 22.7 Å². The van der Waals surface area contributed by atoms with Crippen LogP contribution in [0.25, 0.3) is 5.82 Å². The monoisotopic (exact) mass is 454 g/mol. The van der Waals surface area contributed by atoms with E-state index in [0.29, 0.717) is 28.1 Å². The molecule has 3 aromatic rings. The Bertz CT molecular complexity index is 1190. The highest BCUT2D eigenvalue weighted by atomic mass is 35.5. The van der Waals surface area contributed by atoms with Gasteiger partial charge < -0.3 is 4.74 Å². The van der Waals surface area contributed by atoms with Gasteiger partial charge in [0.2, 0.25) is 5.90 Å². The average Bonchev–Trinajstić information content (AvgIpc) is 3.13. The van der Waals surface area contributed by atoms with Gasteiger partial charge in [-0.3, -0.25) is 4.79 Å². The number of benzene rings is 1. The van der Waals surface area contributed by atoms with Crippen molar-refractivity contribution in [1.82, 2.24) is 14.8 Å². The summed E-state index contributed by atoms with van der Waals surface area (Å²) in [5, 5.41) is 4.06. The van der Waals surface area contributed by atoms with E-state index in [9.17, 15) is 18.0 Å². The molecule has 1 aliphatic rings. The van der Waals surface area contributed by atoms with Gasteiger partial charge in [0.1, 0.15) is 5.69 Å². The lowest BCUT2D eigenvalue weighted by Crippen LogP contribution is -2.21. The Morgan fingerprint density at radius 3 is 2.67 bits per heavy atom. The van der Waals surface area contributed by atoms with Gasteiger partial charge in [0, 0.05) is 22.8 Å². The number of aldehydes is 1. The van der Waals surface area contributed by atoms with E-state index in [2.05, 4.69) is 15.1 Å². The van der Waals surface area contributed by atoms with Crippen molar-refractivity contribution in [3.05, 3.63) is 69.1 Å². The normalized spacial score (nSPS) is 15.9. The molecular formula is C19H11Cl2F3N4O2. The Morgan fingerprint density at radius 1 is 1.23 bits per heavy atom. The number of aryl methyl sites for hydroxylation is 1. The van der Waals surface area contributed by atoms with E-state index in [1.165, 1.54) is 24.4 Å². The number of nitrogens with zero attached hydrogens (tertiary/aromatic N) is 4. The van der Waals surface area contributed by atoms with Gasteiger partial charge in [0.15, 0.2) is 23.9 Å². The fourth-order valence-corrected chi connectivity index (χ4v) is 3.51. The Labute approximate surface area is 177 Å². The molecule has 1 aromatic carbocycles. The van der Waals surface area contributed by atoms with Crippen LogP contribution in [-0.2, 0) is 15.7 Å². The molecule has 1 aliphatic heterocycles. The van der Waals surface area contributed by atoms with E-state index in [1.807, 2.05) is 0 Å². The van der Waals surface area contributed by atoms with Gasteiger partial charge in [0.25, 0.3) is 0 Å². The summed E-state index contributed by atoms with van der Waals surface area (Å²) in [5.41, 5.74) is 0.0765. The minimum absolute atomic E-state index is 0.0442. The number of halogens is 5. The minimum atomic E-state index is -4.73. The molecule has 0 saturated heterocycles. The van der Waals surface area contributed by atoms with Crippen LogP contribution in [-0.4, -0.2) is 26.9 Å². The zero-order chi connectivity index (χ0) is 21.6. The van der Waals surface area contributed by atoms with Crippen molar-refractivity contribution >= 4 is 41.1 Å². The highest BCUT2D eigenvalue weighted by Gasteiger charge is 2.37. The molecule has 30 heavy (non-hydrogen) atoms. The molecule has 0 radical (unpaired) electrons. The summed E-state index contributed by atoms with van der Waals surface area (Å²) < 4.78 is 46.6. The van der Waals surface area contributed by atoms with Crippen LogP contribution in [0.1, 0.15) is 28.6 Å². The topological polar surface area (TPSA) is 69.4 Å². The minimum Gasteiger partial charge on any atom is -0.460 e. The number of aliphatic imine (C=N–C) groups is 1. The van der Waals surface area contributed by atoms with Crippen molar-refractivity contribution in [2.45, 2.75) is 19.2 Å². The van der Waals surface area contributed by atoms with Crippen LogP contribution in [0.5, 0.6) is 0 Å². The lowest BCUT2D eigenvalue weighted by atomic mass is 10.0. The number of rotatable bonds is 3. The van der Waals surface area contributed by atoms with Gasteiger partial charge in [-0.1, -0.05) is 23.2 Å². The molecule has 0 saturated carbocycles. The predicted octanol–water partition coefficient (Wildman–Crippen LogP) is 5.25. The number of carbonyl (C=O) groups excluding carboxylic acids is 1. The standard InChI is InChI=1S/C19H11Cl2F3N4O2/c1-9-5-10(20)6-11-14(8-29)30-18(26-16(9)11)13-7-15(19(22,23)24)27-28(13)17-12(21)3-2-4-25-17/h2-8,14H,1H3. The molecule has 154 valence electrons. The zero-order valence-electron chi connectivity index (χ0n) is 15.1. The third kappa shape index (κ3) is 3.54. The molecule has 1 unspecified atom stereocenters. The first-order valence-electron chi connectivity index (χ1n) is 8.48. The summed E-state index contributed by atoms with van der Waals surface area (Å²) in [6.45, 7) is 1.72. The van der Waals surface area contributed by atoms with E-state index in [1.54, 1.807) is 13.0 Å². The Hall–Kier alpha value is -2.91. The number of ether oxygens (including phenoxy) is 1. The Morgan fingerprint density at radius 2 is 2.00 bits per heavy atom. The first kappa shape index (κ1) is 20.4. The van der Waals surface area contributed by atoms with Gasteiger partial charge in [0.05, 0.1) is 10.7 Å². The van der Waals surface area contributed by atoms with Crippen LogP contribution >= 0.6 is 23.2 Å². The fraction of sp³-hybridized carbons (Fsp3) is 0.158. The highest BCUT2D eigenvalue weighted by molar-refractivity contribution is 6.32. The third-order valence-corrected chi connectivity index (χ3v) is 4.85. The second kappa shape index (κ2) is 7.41. The van der Waals surface area contributed by atoms with Gasteiger partial charge >= 0.3 is 6.18 Å². The van der Waals surface area contributed by atoms with Crippen molar-refractivity contribution in [3.8, 4) is 5.82 Å². The predicted molar refractivity (Wildman–Crippen MR) is 104 cm³/mol. The van der Waals surface area contributed by atoms with Crippen LogP contribution in [0.3, 0.4) is 0 Å². The van der Waals surface area contributed by atoms with E-state index in [4.69, 9.17) is 27.9 Å². The number of fused-ring (bicyclic) bond motifs is 1. The number of pyridine rings is 1. The smallest absolute Gasteiger partial charge is 0.435 e. The van der Waals surface area contributed by atoms with E-state index in [-0.39, 0.29) is 22.4 Å². The molecule has 2 aromatic heterocycles. The van der Waals surface area contributed by atoms with Crippen LogP contribution in [0.2, 0.25) is 10.0 Å². The maximum absolute atomic E-state index is 13.4. The number of alkyl halides is 3. The van der Waals surface area contributed by atoms with Gasteiger partial charge in [-0.15, -0.1) is 0 Å². The molecule has 0 bridgehead atoms. The lowest BCUT2D eigenvalue weighted by molar-refractivity contribution is -0.141. The first-order chi connectivity index (χ1) is 14.2. The summed E-state index contributed by atoms with van der Waals surface area (Å²) in [5.74, 6) is -0.271. The van der Waals surface area contributed by atoms with Crippen molar-refractivity contribution in [1.29, 1.82) is 0 Å². The van der Waals surface area contributed by atoms with Crippen LogP contribution in [0, 0.1) is 6.92 Å². The average molecular weight is 455 g/mol. The van der Waals surface area contributed by atoms with Crippen LogP contribution < -0.4 is 0 Å². The largest absolute Gasteiger partial charge is 0.460 e. The van der Waals surface area contributed by atoms with Gasteiger partial charge in [-0.25, -0.2) is 14.7 Å². The second-order valence-electron chi connectivity index (χ2n) is 6.39. The van der Waals surface area contributed by atoms with E-state index >= 15 is 0 Å². The quantitative estimate of drug-likeness (QED) is 0.506. The molecule has 11 heteroatoms. The van der Waals surface area contributed by atoms with Crippen molar-refractivity contribution in [2.75, 3.05) is 0 Å². The number of hydrogen-bond acceptors (Lipinski definition) is 5. The molecule has 6 nitrogen and oxygen atoms in total. The third-order valence-electron chi connectivity index (χ3n) is 4.34. The Kier molecular flexibility index (Phi) is 5.03. The summed E-state index contributed by atoms with van der Waals surface area (Å²) in [6.07, 6.45) is -3.97. The SMILES string of the molecule is Cc1cc(Cl)cc2c1N=C(c1cc(C(F)(F)F)nn1-c1ncccc1Cl)OC2C=O. The number of hydrogen-bond donors (Lipinski definition) is 0. The maximum Gasteiger partial charge on any atom is 0.435 e. The molecular weight excluding hydrogens is 444 g/mol. The second-order valence-corrected chi connectivity index (χ2v) is 7.23. The molecule has 4 rings (SSSR count). The van der Waals surface area contributed by atoms with Gasteiger partial charge in [-0.05, 0) is 36.8 Å². The number of aromatic nitrogens is 3. The molecule has 0 amide bonds. The Balaban J connectivity index is 1.96. The number of carbonyl (C=O) groups is 1. The molecule has 3 heterocycles. The van der Waals surface area contributed by atoms with E-state index < -0.39 is 18.0 Å². The van der Waals surface area contributed by atoms with Crippen LogP contribution in [0.4, 0.5) is 18.9 Å². The lowest BCUT2D eigenvalue weighted by Gasteiger charge is -2.24. The highest BCUT2D eigenvalue weighted by Crippen LogP contribution is 2.39. The molecule has 0 fully saturated rings. The molecule has 0 N–H and O–H groups in total. The van der Waals surface area contributed by atoms with Gasteiger partial charge in [-0.2, -0.15) is 18.3 Å². The molecule has 0 spiro atoms. The first-order valence-corrected chi connectivity index (χ1v) is 9.24. The fourth-order valence-electron chi connectivity index (χ4n) is 3.03. The summed E-state index contributed by atoms with van der Waals surface area (Å²) in [4.78, 5) is 20.0. The van der Waals surface area contributed by atoms with Crippen molar-refractivity contribution in [3.63, 3.8) is 0 Å². The molecule has 0 aliphatic carbocycles. The van der Waals surface area contributed by atoms with Crippen LogP contribution in [0.15, 0.2) is 41.5 Å². The summed E-state index contributed by atoms with van der Waals surface area (Å²) in [7, 11) is 0. The van der Waals surface area contributed by atoms with E-state index in [0.717, 1.165) is 10.7 Å². The van der Waals surface area contributed by atoms with Crippen molar-refractivity contribution in [2.24, 2.45) is 4.99 Å². The maximum atomic E-state index is 13.4. The zero-order valence-corrected chi connectivity index (χ0v) is 16.6. The summed E-state index contributed by atoms with van der Waals surface area (Å²) >= 11 is 12.2. The summed E-state index contributed by atoms with van der Waals surface area (Å²) in [6, 6.07) is 6.91. The molecule has 1 atom stereocenters.